The van der Waals surface area contributed by atoms with Gasteiger partial charge in [-0.3, -0.25) is 9.89 Å². The first kappa shape index (κ1) is 30.2. The molecular formula is C31H48ClN5O. The van der Waals surface area contributed by atoms with Gasteiger partial charge in [-0.15, -0.1) is 5.10 Å². The smallest absolute Gasteiger partial charge is 0.220 e. The third-order valence-electron chi connectivity index (χ3n) is 7.23. The molecule has 0 fully saturated rings. The molecule has 6 nitrogen and oxygen atoms in total. The van der Waals surface area contributed by atoms with Gasteiger partial charge in [-0.25, -0.2) is 4.98 Å². The van der Waals surface area contributed by atoms with Crippen LogP contribution >= 0.6 is 11.6 Å². The van der Waals surface area contributed by atoms with Gasteiger partial charge >= 0.3 is 0 Å². The summed E-state index contributed by atoms with van der Waals surface area (Å²) in [5, 5.41) is 11.6. The van der Waals surface area contributed by atoms with Crippen LogP contribution in [-0.2, 0) is 16.8 Å². The Morgan fingerprint density at radius 1 is 0.921 bits per heavy atom. The summed E-state index contributed by atoms with van der Waals surface area (Å²) in [4.78, 5) is 17.2. The molecule has 1 amide bonds. The Bertz CT molecular complexity index is 1130. The number of nitrogens with one attached hydrogen (secondary N) is 2. The number of rotatable bonds is 17. The number of unbranched alkanes of at least 4 members (excludes halogenated alkanes) is 12. The van der Waals surface area contributed by atoms with Crippen molar-refractivity contribution >= 4 is 23.2 Å². The molecule has 0 unspecified atom stereocenters. The molecule has 210 valence electrons. The van der Waals surface area contributed by atoms with E-state index in [1.807, 2.05) is 24.3 Å². The summed E-state index contributed by atoms with van der Waals surface area (Å²) in [6.07, 6.45) is 17.6. The number of halogens is 1. The number of aromatic nitrogens is 4. The van der Waals surface area contributed by atoms with Gasteiger partial charge < -0.3 is 5.32 Å². The van der Waals surface area contributed by atoms with E-state index in [4.69, 9.17) is 16.6 Å². The van der Waals surface area contributed by atoms with Crippen molar-refractivity contribution in [1.82, 2.24) is 25.1 Å². The number of H-pyrrole nitrogens is 1. The number of fused-ring (bicyclic) bond motifs is 1. The average Bonchev–Trinajstić information content (AvgIpc) is 3.45. The number of aromatic amines is 1. The summed E-state index contributed by atoms with van der Waals surface area (Å²) >= 11 is 6.60. The molecule has 2 N–H and O–H groups in total. The predicted octanol–water partition coefficient (Wildman–Crippen LogP) is 8.77. The van der Waals surface area contributed by atoms with Crippen molar-refractivity contribution < 1.29 is 4.79 Å². The van der Waals surface area contributed by atoms with Gasteiger partial charge in [0.05, 0.1) is 5.69 Å². The van der Waals surface area contributed by atoms with Crippen LogP contribution in [0.2, 0.25) is 5.02 Å². The van der Waals surface area contributed by atoms with E-state index >= 15 is 0 Å². The minimum Gasteiger partial charge on any atom is -0.352 e. The first-order valence-corrected chi connectivity index (χ1v) is 15.2. The molecule has 2 heterocycles. The van der Waals surface area contributed by atoms with Crippen LogP contribution < -0.4 is 5.32 Å². The lowest BCUT2D eigenvalue weighted by Crippen LogP contribution is -2.22. The first-order chi connectivity index (χ1) is 18.3. The molecule has 1 aromatic carbocycles. The normalized spacial score (nSPS) is 11.9. The summed E-state index contributed by atoms with van der Waals surface area (Å²) in [5.74, 6) is 0.700. The van der Waals surface area contributed by atoms with Gasteiger partial charge in [0.25, 0.3) is 0 Å². The molecule has 0 aliphatic heterocycles. The van der Waals surface area contributed by atoms with E-state index < -0.39 is 0 Å². The zero-order valence-corrected chi connectivity index (χ0v) is 24.8. The maximum Gasteiger partial charge on any atom is 0.220 e. The summed E-state index contributed by atoms with van der Waals surface area (Å²) in [6, 6.07) is 7.94. The zero-order valence-electron chi connectivity index (χ0n) is 24.0. The van der Waals surface area contributed by atoms with E-state index in [0.29, 0.717) is 29.5 Å². The number of hydrogen-bond acceptors (Lipinski definition) is 3. The van der Waals surface area contributed by atoms with E-state index in [1.54, 1.807) is 4.63 Å². The van der Waals surface area contributed by atoms with Crippen LogP contribution in [0.15, 0.2) is 24.3 Å². The second-order valence-corrected chi connectivity index (χ2v) is 12.0. The van der Waals surface area contributed by atoms with Gasteiger partial charge in [-0.05, 0) is 12.0 Å². The molecule has 3 aromatic rings. The predicted molar refractivity (Wildman–Crippen MR) is 159 cm³/mol. The minimum absolute atomic E-state index is 0.102. The first-order valence-electron chi connectivity index (χ1n) is 14.8. The fourth-order valence-electron chi connectivity index (χ4n) is 4.89. The molecule has 0 spiro atoms. The van der Waals surface area contributed by atoms with Crippen LogP contribution in [0.1, 0.15) is 129 Å². The van der Waals surface area contributed by atoms with Gasteiger partial charge in [0, 0.05) is 23.9 Å². The van der Waals surface area contributed by atoms with Gasteiger partial charge in [-0.2, -0.15) is 4.63 Å². The maximum absolute atomic E-state index is 12.5. The van der Waals surface area contributed by atoms with Crippen LogP contribution in [0.3, 0.4) is 0 Å². The third kappa shape index (κ3) is 9.14. The van der Waals surface area contributed by atoms with Crippen LogP contribution in [0.5, 0.6) is 0 Å². The van der Waals surface area contributed by atoms with Crippen LogP contribution in [-0.4, -0.2) is 25.7 Å². The quantitative estimate of drug-likeness (QED) is 0.168. The van der Waals surface area contributed by atoms with Crippen LogP contribution in [0, 0.1) is 0 Å². The van der Waals surface area contributed by atoms with Crippen molar-refractivity contribution in [2.75, 3.05) is 0 Å². The van der Waals surface area contributed by atoms with E-state index in [2.05, 4.69) is 43.2 Å². The molecule has 0 aliphatic rings. The Balaban J connectivity index is 1.36. The van der Waals surface area contributed by atoms with Crippen molar-refractivity contribution in [3.05, 3.63) is 40.5 Å². The molecule has 7 heteroatoms. The third-order valence-corrected chi connectivity index (χ3v) is 7.59. The van der Waals surface area contributed by atoms with E-state index in [-0.39, 0.29) is 11.3 Å². The largest absolute Gasteiger partial charge is 0.352 e. The van der Waals surface area contributed by atoms with Crippen LogP contribution in [0.4, 0.5) is 0 Å². The fourth-order valence-corrected chi connectivity index (χ4v) is 5.34. The maximum atomic E-state index is 12.5. The van der Waals surface area contributed by atoms with Crippen molar-refractivity contribution in [2.45, 2.75) is 130 Å². The monoisotopic (exact) mass is 541 g/mol. The highest BCUT2D eigenvalue weighted by Gasteiger charge is 2.24. The molecule has 0 saturated carbocycles. The Morgan fingerprint density at radius 2 is 1.50 bits per heavy atom. The summed E-state index contributed by atoms with van der Waals surface area (Å²) < 4.78 is 1.64. The molecule has 0 aliphatic carbocycles. The second-order valence-electron chi connectivity index (χ2n) is 11.6. The number of amides is 1. The summed E-state index contributed by atoms with van der Waals surface area (Å²) in [5.41, 5.74) is 3.29. The Kier molecular flexibility index (Phi) is 12.2. The van der Waals surface area contributed by atoms with E-state index in [0.717, 1.165) is 29.7 Å². The second kappa shape index (κ2) is 15.3. The van der Waals surface area contributed by atoms with Gasteiger partial charge in [0.15, 0.2) is 11.5 Å². The van der Waals surface area contributed by atoms with Gasteiger partial charge in [0.2, 0.25) is 5.91 Å². The summed E-state index contributed by atoms with van der Waals surface area (Å²) in [6.45, 7) is 9.03. The highest BCUT2D eigenvalue weighted by molar-refractivity contribution is 6.34. The molecule has 0 saturated heterocycles. The van der Waals surface area contributed by atoms with Gasteiger partial charge in [-0.1, -0.05) is 141 Å². The number of benzene rings is 1. The number of carbonyl (C=O) groups is 1. The van der Waals surface area contributed by atoms with Crippen molar-refractivity contribution in [1.29, 1.82) is 0 Å². The van der Waals surface area contributed by atoms with Crippen molar-refractivity contribution in [3.63, 3.8) is 0 Å². The molecule has 38 heavy (non-hydrogen) atoms. The molecular weight excluding hydrogens is 494 g/mol. The van der Waals surface area contributed by atoms with E-state index in [1.165, 1.54) is 70.6 Å². The molecule has 3 rings (SSSR count). The molecule has 2 aromatic heterocycles. The summed E-state index contributed by atoms with van der Waals surface area (Å²) in [7, 11) is 0. The minimum atomic E-state index is -0.130. The lowest BCUT2D eigenvalue weighted by atomic mass is 9.92. The standard InChI is InChI=1S/C31H48ClN5O/c1-5-6-7-8-9-10-11-12-13-14-15-16-17-22-26(38)33-23-24-20-18-19-21-25(24)29-34-30-27(32)28(31(2,3)4)35-37(30)36-29/h18-21,35H,5-17,22-23H2,1-4H3,(H,33,38). The SMILES string of the molecule is CCCCCCCCCCCCCCCC(=O)NCc1ccccc1-c1nc2c(Cl)c(C(C)(C)C)[nH]n2n1. The molecule has 0 bridgehead atoms. The zero-order chi connectivity index (χ0) is 27.4. The van der Waals surface area contributed by atoms with Crippen molar-refractivity contribution in [3.8, 4) is 11.4 Å². The lowest BCUT2D eigenvalue weighted by molar-refractivity contribution is -0.121. The topological polar surface area (TPSA) is 75.1 Å². The average molecular weight is 542 g/mol. The number of hydrogen-bond donors (Lipinski definition) is 2. The molecule has 0 atom stereocenters. The van der Waals surface area contributed by atoms with E-state index in [9.17, 15) is 4.79 Å². The van der Waals surface area contributed by atoms with Crippen molar-refractivity contribution in [2.24, 2.45) is 0 Å². The Hall–Kier alpha value is -2.34. The fraction of sp³-hybridized carbons (Fsp3) is 0.645. The van der Waals surface area contributed by atoms with Gasteiger partial charge in [0.1, 0.15) is 5.02 Å². The Morgan fingerprint density at radius 3 is 2.08 bits per heavy atom. The molecule has 0 radical (unpaired) electrons. The highest BCUT2D eigenvalue weighted by atomic mass is 35.5. The Labute approximate surface area is 234 Å². The lowest BCUT2D eigenvalue weighted by Gasteiger charge is -2.16. The highest BCUT2D eigenvalue weighted by Crippen LogP contribution is 2.32. The number of carbonyl (C=O) groups excluding carboxylic acids is 1. The number of nitrogens with zero attached hydrogens (tertiary/aromatic N) is 3. The van der Waals surface area contributed by atoms with Crippen LogP contribution in [0.25, 0.3) is 17.0 Å².